The largest absolute Gasteiger partial charge is 0.479 e. The van der Waals surface area contributed by atoms with Gasteiger partial charge in [0.05, 0.1) is 25.4 Å². The highest BCUT2D eigenvalue weighted by Crippen LogP contribution is 2.21. The first-order valence-corrected chi connectivity index (χ1v) is 5.77. The van der Waals surface area contributed by atoms with E-state index in [0.29, 0.717) is 18.2 Å². The molecule has 0 aliphatic heterocycles. The third-order valence-corrected chi connectivity index (χ3v) is 2.44. The van der Waals surface area contributed by atoms with E-state index < -0.39 is 0 Å². The highest BCUT2D eigenvalue weighted by atomic mass is 16.5. The van der Waals surface area contributed by atoms with Crippen molar-refractivity contribution in [2.45, 2.75) is 25.8 Å². The summed E-state index contributed by atoms with van der Waals surface area (Å²) in [5.74, 6) is 1.20. The number of nitrogens with two attached hydrogens (primary N) is 1. The zero-order valence-corrected chi connectivity index (χ0v) is 10.7. The molecule has 0 aliphatic rings. The Kier molecular flexibility index (Phi) is 5.56. The van der Waals surface area contributed by atoms with Gasteiger partial charge in [-0.15, -0.1) is 0 Å². The summed E-state index contributed by atoms with van der Waals surface area (Å²) in [5.41, 5.74) is 6.25. The molecule has 96 valence electrons. The van der Waals surface area contributed by atoms with Gasteiger partial charge in [-0.2, -0.15) is 4.98 Å². The van der Waals surface area contributed by atoms with Gasteiger partial charge in [0, 0.05) is 7.11 Å². The van der Waals surface area contributed by atoms with E-state index in [4.69, 9.17) is 15.2 Å². The highest BCUT2D eigenvalue weighted by Gasteiger charge is 2.09. The summed E-state index contributed by atoms with van der Waals surface area (Å²) in [7, 11) is 3.25. The van der Waals surface area contributed by atoms with E-state index in [2.05, 4.69) is 17.2 Å². The third kappa shape index (κ3) is 4.11. The first-order chi connectivity index (χ1) is 8.21. The molecule has 0 bridgehead atoms. The van der Waals surface area contributed by atoms with Gasteiger partial charge in [-0.1, -0.05) is 13.3 Å². The minimum atomic E-state index is 0.255. The van der Waals surface area contributed by atoms with Crippen LogP contribution in [0.3, 0.4) is 0 Å². The Morgan fingerprint density at radius 3 is 2.76 bits per heavy atom. The molecule has 1 aromatic heterocycles. The van der Waals surface area contributed by atoms with Crippen molar-refractivity contribution in [1.29, 1.82) is 0 Å². The number of nitrogen functional groups attached to an aromatic ring is 1. The van der Waals surface area contributed by atoms with E-state index in [-0.39, 0.29) is 6.04 Å². The number of hydrogen-bond donors (Lipinski definition) is 2. The zero-order valence-electron chi connectivity index (χ0n) is 10.7. The topological polar surface area (TPSA) is 69.4 Å². The average Bonchev–Trinajstić information content (AvgIpc) is 2.32. The highest BCUT2D eigenvalue weighted by molar-refractivity contribution is 5.53. The van der Waals surface area contributed by atoms with Crippen molar-refractivity contribution in [1.82, 2.24) is 4.98 Å². The molecule has 0 amide bonds. The van der Waals surface area contributed by atoms with Crippen molar-refractivity contribution in [3.05, 3.63) is 12.1 Å². The number of anilines is 2. The van der Waals surface area contributed by atoms with E-state index in [9.17, 15) is 0 Å². The molecule has 5 nitrogen and oxygen atoms in total. The van der Waals surface area contributed by atoms with E-state index in [0.717, 1.165) is 18.7 Å². The maximum Gasteiger partial charge on any atom is 0.238 e. The summed E-state index contributed by atoms with van der Waals surface area (Å²) in [4.78, 5) is 4.28. The van der Waals surface area contributed by atoms with Gasteiger partial charge in [-0.05, 0) is 18.6 Å². The lowest BCUT2D eigenvalue weighted by atomic mass is 10.2. The molecule has 1 rings (SSSR count). The lowest BCUT2D eigenvalue weighted by molar-refractivity contribution is 0.182. The normalized spacial score (nSPS) is 12.2. The van der Waals surface area contributed by atoms with Crippen LogP contribution in [0, 0.1) is 0 Å². The van der Waals surface area contributed by atoms with Gasteiger partial charge in [-0.25, -0.2) is 0 Å². The van der Waals surface area contributed by atoms with E-state index >= 15 is 0 Å². The molecule has 0 aliphatic carbocycles. The molecule has 5 heteroatoms. The van der Waals surface area contributed by atoms with Gasteiger partial charge in [0.15, 0.2) is 0 Å². The Balaban J connectivity index is 2.71. The van der Waals surface area contributed by atoms with Crippen molar-refractivity contribution in [2.75, 3.05) is 31.9 Å². The molecule has 1 unspecified atom stereocenters. The number of nitrogens with zero attached hydrogens (tertiary/aromatic N) is 1. The number of hydrogen-bond acceptors (Lipinski definition) is 5. The fourth-order valence-electron chi connectivity index (χ4n) is 1.65. The molecule has 0 spiro atoms. The monoisotopic (exact) mass is 239 g/mol. The van der Waals surface area contributed by atoms with Crippen molar-refractivity contribution in [2.24, 2.45) is 0 Å². The second-order valence-corrected chi connectivity index (χ2v) is 3.88. The quantitative estimate of drug-likeness (QED) is 0.760. The molecule has 0 fully saturated rings. The molecule has 0 radical (unpaired) electrons. The van der Waals surface area contributed by atoms with E-state index in [1.54, 1.807) is 20.3 Å². The van der Waals surface area contributed by atoms with Gasteiger partial charge in [0.2, 0.25) is 5.88 Å². The fourth-order valence-corrected chi connectivity index (χ4v) is 1.65. The van der Waals surface area contributed by atoms with Crippen molar-refractivity contribution in [3.63, 3.8) is 0 Å². The average molecular weight is 239 g/mol. The third-order valence-electron chi connectivity index (χ3n) is 2.44. The molecule has 1 aromatic rings. The second kappa shape index (κ2) is 6.96. The summed E-state index contributed by atoms with van der Waals surface area (Å²) in [6, 6.07) is 3.88. The lowest BCUT2D eigenvalue weighted by Gasteiger charge is -2.18. The molecule has 17 heavy (non-hydrogen) atoms. The summed E-state index contributed by atoms with van der Waals surface area (Å²) in [6.07, 6.45) is 2.12. The van der Waals surface area contributed by atoms with Gasteiger partial charge in [-0.3, -0.25) is 0 Å². The van der Waals surface area contributed by atoms with Crippen molar-refractivity contribution in [3.8, 4) is 5.88 Å². The summed E-state index contributed by atoms with van der Waals surface area (Å²) in [6.45, 7) is 2.80. The van der Waals surface area contributed by atoms with Crippen LogP contribution < -0.4 is 15.8 Å². The molecular weight excluding hydrogens is 218 g/mol. The Morgan fingerprint density at radius 2 is 2.18 bits per heavy atom. The van der Waals surface area contributed by atoms with Crippen LogP contribution >= 0.6 is 0 Å². The Hall–Kier alpha value is -1.49. The van der Waals surface area contributed by atoms with Crippen LogP contribution in [-0.4, -0.2) is 31.9 Å². The molecule has 3 N–H and O–H groups in total. The summed E-state index contributed by atoms with van der Waals surface area (Å²) >= 11 is 0. The number of ether oxygens (including phenoxy) is 2. The SMILES string of the molecule is CCCC(COC)Nc1ccc(N)c(OC)n1. The maximum absolute atomic E-state index is 5.71. The van der Waals surface area contributed by atoms with Crippen molar-refractivity contribution >= 4 is 11.5 Å². The summed E-state index contributed by atoms with van der Waals surface area (Å²) in [5, 5.41) is 3.31. The van der Waals surface area contributed by atoms with E-state index in [1.807, 2.05) is 6.07 Å². The molecule has 1 heterocycles. The van der Waals surface area contributed by atoms with Gasteiger partial charge in [0.1, 0.15) is 5.82 Å². The van der Waals surface area contributed by atoms with E-state index in [1.165, 1.54) is 0 Å². The zero-order chi connectivity index (χ0) is 12.7. The number of rotatable bonds is 7. The van der Waals surface area contributed by atoms with Crippen LogP contribution in [0.25, 0.3) is 0 Å². The number of methoxy groups -OCH3 is 2. The lowest BCUT2D eigenvalue weighted by Crippen LogP contribution is -2.25. The van der Waals surface area contributed by atoms with Gasteiger partial charge < -0.3 is 20.5 Å². The minimum Gasteiger partial charge on any atom is -0.479 e. The molecule has 0 saturated heterocycles. The Morgan fingerprint density at radius 1 is 1.41 bits per heavy atom. The Bertz CT molecular complexity index is 339. The summed E-state index contributed by atoms with van der Waals surface area (Å²) < 4.78 is 10.2. The molecule has 0 saturated carbocycles. The fraction of sp³-hybridized carbons (Fsp3) is 0.583. The molecular formula is C12H21N3O2. The molecule has 0 aromatic carbocycles. The predicted molar refractivity (Wildman–Crippen MR) is 69.4 cm³/mol. The minimum absolute atomic E-state index is 0.255. The van der Waals surface area contributed by atoms with Crippen LogP contribution in [0.1, 0.15) is 19.8 Å². The smallest absolute Gasteiger partial charge is 0.238 e. The first kappa shape index (κ1) is 13.6. The first-order valence-electron chi connectivity index (χ1n) is 5.77. The van der Waals surface area contributed by atoms with Gasteiger partial charge >= 0.3 is 0 Å². The Labute approximate surface area is 102 Å². The van der Waals surface area contributed by atoms with Crippen LogP contribution in [0.4, 0.5) is 11.5 Å². The van der Waals surface area contributed by atoms with Crippen molar-refractivity contribution < 1.29 is 9.47 Å². The second-order valence-electron chi connectivity index (χ2n) is 3.88. The number of pyridine rings is 1. The predicted octanol–water partition coefficient (Wildman–Crippen LogP) is 1.90. The number of aromatic nitrogens is 1. The number of nitrogens with one attached hydrogen (secondary N) is 1. The van der Waals surface area contributed by atoms with Gasteiger partial charge in [0.25, 0.3) is 0 Å². The maximum atomic E-state index is 5.71. The van der Waals surface area contributed by atoms with Crippen LogP contribution in [0.2, 0.25) is 0 Å². The van der Waals surface area contributed by atoms with Crippen LogP contribution in [0.15, 0.2) is 12.1 Å². The molecule has 1 atom stereocenters. The van der Waals surface area contributed by atoms with Crippen LogP contribution in [-0.2, 0) is 4.74 Å². The van der Waals surface area contributed by atoms with Crippen LogP contribution in [0.5, 0.6) is 5.88 Å². The standard InChI is InChI=1S/C12H21N3O2/c1-4-5-9(8-16-2)14-11-7-6-10(13)12(15-11)17-3/h6-7,9H,4-5,8,13H2,1-3H3,(H,14,15).